The van der Waals surface area contributed by atoms with Gasteiger partial charge in [0.1, 0.15) is 12.1 Å². The summed E-state index contributed by atoms with van der Waals surface area (Å²) in [5.74, 6) is 0. The Labute approximate surface area is 382 Å². The van der Waals surface area contributed by atoms with Crippen molar-refractivity contribution in [1.82, 2.24) is 0 Å². The van der Waals surface area contributed by atoms with Gasteiger partial charge in [0, 0.05) is 82.1 Å². The van der Waals surface area contributed by atoms with Crippen molar-refractivity contribution in [3.8, 4) is 53.9 Å². The minimum absolute atomic E-state index is 0.216. The molecule has 0 N–H and O–H groups in total. The van der Waals surface area contributed by atoms with E-state index in [1.807, 2.05) is 36.4 Å². The molecule has 0 atom stereocenters. The summed E-state index contributed by atoms with van der Waals surface area (Å²) in [6, 6.07) is 41.1. The van der Waals surface area contributed by atoms with Gasteiger partial charge in [-0.15, -0.1) is 68.0 Å². The molecule has 0 aliphatic carbocycles. The van der Waals surface area contributed by atoms with Gasteiger partial charge in [-0.3, -0.25) is 0 Å². The number of nitriles is 2. The van der Waals surface area contributed by atoms with Crippen molar-refractivity contribution in [2.75, 3.05) is 12.5 Å². The highest BCUT2D eigenvalue weighted by Crippen LogP contribution is 2.54. The first-order chi connectivity index (χ1) is 29.7. The van der Waals surface area contributed by atoms with Crippen molar-refractivity contribution in [2.24, 2.45) is 0 Å². The van der Waals surface area contributed by atoms with Crippen LogP contribution in [0, 0.1) is 36.5 Å². The molecular weight excluding hydrogens is 925 g/mol. The zero-order valence-electron chi connectivity index (χ0n) is 33.3. The van der Waals surface area contributed by atoms with Gasteiger partial charge in [-0.25, -0.2) is 16.8 Å². The zero-order valence-corrected chi connectivity index (χ0v) is 39.9. The van der Waals surface area contributed by atoms with Gasteiger partial charge in [0.05, 0.1) is 9.06 Å². The van der Waals surface area contributed by atoms with Crippen molar-refractivity contribution in [1.29, 1.82) is 10.5 Å². The van der Waals surface area contributed by atoms with Crippen LogP contribution in [0.4, 0.5) is 0 Å². The third-order valence-electron chi connectivity index (χ3n) is 10.2. The maximum absolute atomic E-state index is 12.2. The second-order valence-corrected chi connectivity index (χ2v) is 25.1. The molecule has 0 saturated heterocycles. The van der Waals surface area contributed by atoms with Gasteiger partial charge in [0.15, 0.2) is 29.5 Å². The van der Waals surface area contributed by atoms with E-state index in [1.165, 1.54) is 76.2 Å². The molecule has 3 aromatic carbocycles. The van der Waals surface area contributed by atoms with Crippen molar-refractivity contribution in [2.45, 2.75) is 13.8 Å². The number of nitrogens with zero attached hydrogens (tertiary/aromatic N) is 2. The number of fused-ring (bicyclic) bond motifs is 2. The minimum atomic E-state index is -3.63. The lowest BCUT2D eigenvalue weighted by Crippen LogP contribution is -2.08. The Hall–Kier alpha value is -5.26. The van der Waals surface area contributed by atoms with Crippen LogP contribution in [0.25, 0.3) is 83.9 Å². The molecule has 9 aromatic rings. The van der Waals surface area contributed by atoms with Crippen LogP contribution in [0.3, 0.4) is 0 Å². The van der Waals surface area contributed by atoms with Gasteiger partial charge < -0.3 is 0 Å². The second-order valence-electron chi connectivity index (χ2n) is 14.6. The van der Waals surface area contributed by atoms with E-state index in [9.17, 15) is 27.4 Å². The number of rotatable bonds is 8. The van der Waals surface area contributed by atoms with Crippen molar-refractivity contribution < 1.29 is 16.8 Å². The highest BCUT2D eigenvalue weighted by Gasteiger charge is 2.24. The fraction of sp³-hybridized carbons (Fsp3) is 0.0833. The topological polar surface area (TPSA) is 116 Å². The van der Waals surface area contributed by atoms with Crippen LogP contribution >= 0.6 is 68.0 Å². The number of benzene rings is 3. The fourth-order valence-corrected chi connectivity index (χ4v) is 16.2. The van der Waals surface area contributed by atoms with E-state index in [-0.39, 0.29) is 9.81 Å². The predicted octanol–water partition coefficient (Wildman–Crippen LogP) is 10.7. The molecule has 6 aromatic heterocycles. The smallest absolute Gasteiger partial charge is 0.186 e. The van der Waals surface area contributed by atoms with Gasteiger partial charge in [0.25, 0.3) is 0 Å². The summed E-state index contributed by atoms with van der Waals surface area (Å²) in [7, 11) is -7.27. The molecule has 62 heavy (non-hydrogen) atoms. The summed E-state index contributed by atoms with van der Waals surface area (Å²) in [4.78, 5) is 6.19. The maximum atomic E-state index is 12.2. The largest absolute Gasteiger partial charge is 0.223 e. The van der Waals surface area contributed by atoms with Crippen molar-refractivity contribution >= 4 is 130 Å². The molecule has 0 fully saturated rings. The summed E-state index contributed by atoms with van der Waals surface area (Å²) in [5.41, 5.74) is 7.16. The zero-order chi connectivity index (χ0) is 43.5. The molecule has 0 bridgehead atoms. The van der Waals surface area contributed by atoms with E-state index in [2.05, 4.69) is 98.8 Å². The Bertz CT molecular complexity index is 3570. The Balaban J connectivity index is 1.22. The van der Waals surface area contributed by atoms with E-state index in [4.69, 9.17) is 0 Å². The number of aryl methyl sites for hydroxylation is 2. The Morgan fingerprint density at radius 2 is 0.903 bits per heavy atom. The standard InChI is InChI=1S/C48H32N2O4S8/c1-27-9-5-7-11-33(27)45-35-23-41(37-17-13-29(55-37)21-31-15-19-39(57-31)43(25-49)61(3,51)52)60-48(35)46(34-12-8-6-10-28(34)2)36-24-42(59-47(36)45)38-18-14-30(56-38)22-32-16-20-40(58-32)44(26-50)62(4,53)54/h5-24H,1-4H3/b31-21-,32-22-,43-39-,44-40-. The summed E-state index contributed by atoms with van der Waals surface area (Å²) in [6.07, 6.45) is 6.20. The van der Waals surface area contributed by atoms with Gasteiger partial charge in [-0.1, -0.05) is 48.5 Å². The van der Waals surface area contributed by atoms with Crippen molar-refractivity contribution in [3.63, 3.8) is 0 Å². The third-order valence-corrected chi connectivity index (χ3v) is 19.5. The quantitative estimate of drug-likeness (QED) is 0.150. The first-order valence-electron chi connectivity index (χ1n) is 18.9. The Morgan fingerprint density at radius 1 is 0.500 bits per heavy atom. The molecule has 306 valence electrons. The lowest BCUT2D eigenvalue weighted by Gasteiger charge is -2.15. The summed E-state index contributed by atoms with van der Waals surface area (Å²) in [6.45, 7) is 4.33. The fourth-order valence-electron chi connectivity index (χ4n) is 7.41. The molecule has 0 saturated carbocycles. The van der Waals surface area contributed by atoms with Gasteiger partial charge in [-0.2, -0.15) is 10.5 Å². The molecule has 6 nitrogen and oxygen atoms in total. The van der Waals surface area contributed by atoms with Gasteiger partial charge in [-0.05, 0) is 109 Å². The van der Waals surface area contributed by atoms with Crippen LogP contribution < -0.4 is 18.1 Å². The highest BCUT2D eigenvalue weighted by molar-refractivity contribution is 8.00. The van der Waals surface area contributed by atoms with Crippen LogP contribution in [0.1, 0.15) is 20.9 Å². The SMILES string of the molecule is Cc1ccccc1-c1c2cc(-c3ccc(/C=c4/cc/c(=C(\C#N)S(C)(=O)=O)s4)s3)sc2c(-c2ccccc2C)c2cc(-c3ccc(/C=c4/cc/c(=C(\C#N)S(C)(=O)=O)s4)s3)sc12. The van der Waals surface area contributed by atoms with E-state index >= 15 is 0 Å². The average molecular weight is 957 g/mol. The molecule has 6 heterocycles. The Kier molecular flexibility index (Phi) is 11.2. The number of sulfone groups is 2. The molecule has 9 rings (SSSR count). The van der Waals surface area contributed by atoms with Gasteiger partial charge in [0.2, 0.25) is 0 Å². The predicted molar refractivity (Wildman–Crippen MR) is 266 cm³/mol. The minimum Gasteiger partial charge on any atom is -0.223 e. The normalized spacial score (nSPS) is 13.8. The highest BCUT2D eigenvalue weighted by atomic mass is 32.2. The molecule has 0 aliphatic rings. The number of hydrogen-bond acceptors (Lipinski definition) is 12. The van der Waals surface area contributed by atoms with E-state index in [0.717, 1.165) is 50.8 Å². The van der Waals surface area contributed by atoms with Crippen LogP contribution in [-0.4, -0.2) is 29.3 Å². The molecule has 0 amide bonds. The second kappa shape index (κ2) is 16.5. The Morgan fingerprint density at radius 3 is 1.27 bits per heavy atom. The summed E-state index contributed by atoms with van der Waals surface area (Å²) < 4.78 is 53.8. The van der Waals surface area contributed by atoms with Crippen molar-refractivity contribution in [3.05, 3.63) is 148 Å². The van der Waals surface area contributed by atoms with Gasteiger partial charge >= 0.3 is 0 Å². The van der Waals surface area contributed by atoms with E-state index in [1.54, 1.807) is 57.5 Å². The first kappa shape index (κ1) is 42.1. The van der Waals surface area contributed by atoms with Crippen LogP contribution in [0.2, 0.25) is 0 Å². The first-order valence-corrected chi connectivity index (χ1v) is 27.6. The molecule has 0 spiro atoms. The maximum Gasteiger partial charge on any atom is 0.186 e. The summed E-state index contributed by atoms with van der Waals surface area (Å²) >= 11 is 9.54. The molecule has 0 aliphatic heterocycles. The van der Waals surface area contributed by atoms with E-state index < -0.39 is 19.7 Å². The van der Waals surface area contributed by atoms with Crippen LogP contribution in [-0.2, 0) is 19.7 Å². The molecular formula is C48H32N2O4S8. The third kappa shape index (κ3) is 7.98. The molecule has 0 radical (unpaired) electrons. The molecule has 14 heteroatoms. The molecule has 0 unspecified atom stereocenters. The van der Waals surface area contributed by atoms with E-state index in [0.29, 0.717) is 9.06 Å². The van der Waals surface area contributed by atoms with Crippen LogP contribution in [0.5, 0.6) is 0 Å². The monoisotopic (exact) mass is 956 g/mol. The lowest BCUT2D eigenvalue weighted by molar-refractivity contribution is 0.609. The van der Waals surface area contributed by atoms with Crippen LogP contribution in [0.15, 0.2) is 109 Å². The number of hydrogen-bond donors (Lipinski definition) is 0. The number of thiophene rings is 6. The lowest BCUT2D eigenvalue weighted by atomic mass is 9.90. The summed E-state index contributed by atoms with van der Waals surface area (Å²) in [5, 5.41) is 21.4. The average Bonchev–Trinajstić information content (AvgIpc) is 4.08.